The number of hydrogen-bond acceptors (Lipinski definition) is 3. The zero-order valence-electron chi connectivity index (χ0n) is 13.6. The van der Waals surface area contributed by atoms with Gasteiger partial charge in [0.2, 0.25) is 0 Å². The van der Waals surface area contributed by atoms with Crippen LogP contribution in [-0.2, 0) is 6.54 Å². The molecule has 1 amide bonds. The van der Waals surface area contributed by atoms with Gasteiger partial charge in [-0.05, 0) is 24.6 Å². The third-order valence-corrected chi connectivity index (χ3v) is 5.04. The Balaban J connectivity index is 1.73. The average molecular weight is 348 g/mol. The standard InChI is InChI=1S/C19H16N4OS/c1-13-12-25-19(23(13)11-14-6-3-2-4-7-14)22-18(24)16-10-21-17-15(16)8-5-9-20-17/h2-10,12H,11H2,1H3,(H,20,21)/b22-19-. The topological polar surface area (TPSA) is 63.0 Å². The van der Waals surface area contributed by atoms with Crippen LogP contribution in [0.15, 0.2) is 65.2 Å². The number of amides is 1. The molecule has 0 bridgehead atoms. The van der Waals surface area contributed by atoms with Crippen LogP contribution < -0.4 is 4.80 Å². The van der Waals surface area contributed by atoms with E-state index in [1.165, 1.54) is 16.9 Å². The Labute approximate surface area is 148 Å². The van der Waals surface area contributed by atoms with Gasteiger partial charge in [0.1, 0.15) is 5.65 Å². The maximum atomic E-state index is 12.7. The maximum absolute atomic E-state index is 12.7. The van der Waals surface area contributed by atoms with Crippen molar-refractivity contribution < 1.29 is 4.79 Å². The molecule has 3 heterocycles. The van der Waals surface area contributed by atoms with Crippen LogP contribution in [0.5, 0.6) is 0 Å². The Kier molecular flexibility index (Phi) is 4.03. The summed E-state index contributed by atoms with van der Waals surface area (Å²) in [6, 6.07) is 13.9. The Morgan fingerprint density at radius 2 is 2.08 bits per heavy atom. The van der Waals surface area contributed by atoms with Crippen molar-refractivity contribution in [2.24, 2.45) is 4.99 Å². The van der Waals surface area contributed by atoms with Crippen LogP contribution in [0.2, 0.25) is 0 Å². The summed E-state index contributed by atoms with van der Waals surface area (Å²) in [4.78, 5) is 25.0. The van der Waals surface area contributed by atoms with Gasteiger partial charge in [-0.3, -0.25) is 4.79 Å². The van der Waals surface area contributed by atoms with Gasteiger partial charge in [0.05, 0.1) is 12.1 Å². The quantitative estimate of drug-likeness (QED) is 0.616. The van der Waals surface area contributed by atoms with Crippen molar-refractivity contribution in [3.8, 4) is 0 Å². The highest BCUT2D eigenvalue weighted by molar-refractivity contribution is 7.07. The van der Waals surface area contributed by atoms with Gasteiger partial charge < -0.3 is 9.55 Å². The van der Waals surface area contributed by atoms with Crippen molar-refractivity contribution in [2.45, 2.75) is 13.5 Å². The summed E-state index contributed by atoms with van der Waals surface area (Å²) in [5.41, 5.74) is 3.50. The molecule has 0 saturated heterocycles. The SMILES string of the molecule is Cc1cs/c(=N\C(=O)c2c[nH]c3ncccc23)n1Cc1ccccc1. The zero-order valence-corrected chi connectivity index (χ0v) is 14.5. The molecule has 4 rings (SSSR count). The number of aromatic amines is 1. The molecule has 25 heavy (non-hydrogen) atoms. The number of thiazole rings is 1. The second-order valence-electron chi connectivity index (χ2n) is 5.75. The van der Waals surface area contributed by atoms with E-state index >= 15 is 0 Å². The first-order valence-corrected chi connectivity index (χ1v) is 8.80. The van der Waals surface area contributed by atoms with E-state index in [-0.39, 0.29) is 5.91 Å². The predicted octanol–water partition coefficient (Wildman–Crippen LogP) is 3.52. The first-order valence-electron chi connectivity index (χ1n) is 7.92. The van der Waals surface area contributed by atoms with Crippen LogP contribution in [0, 0.1) is 6.92 Å². The van der Waals surface area contributed by atoms with Crippen LogP contribution in [0.25, 0.3) is 11.0 Å². The van der Waals surface area contributed by atoms with E-state index in [0.29, 0.717) is 22.6 Å². The highest BCUT2D eigenvalue weighted by Gasteiger charge is 2.12. The predicted molar refractivity (Wildman–Crippen MR) is 98.6 cm³/mol. The number of nitrogens with one attached hydrogen (secondary N) is 1. The van der Waals surface area contributed by atoms with Gasteiger partial charge in [-0.25, -0.2) is 4.98 Å². The molecule has 1 N–H and O–H groups in total. The second kappa shape index (κ2) is 6.49. The largest absolute Gasteiger partial charge is 0.345 e. The molecule has 0 aliphatic rings. The Morgan fingerprint density at radius 1 is 1.24 bits per heavy atom. The number of nitrogens with zero attached hydrogens (tertiary/aromatic N) is 3. The summed E-state index contributed by atoms with van der Waals surface area (Å²) in [6.07, 6.45) is 3.37. The van der Waals surface area contributed by atoms with Crippen LogP contribution >= 0.6 is 11.3 Å². The van der Waals surface area contributed by atoms with Gasteiger partial charge in [-0.1, -0.05) is 30.3 Å². The maximum Gasteiger partial charge on any atom is 0.281 e. The van der Waals surface area contributed by atoms with Crippen molar-refractivity contribution in [1.29, 1.82) is 0 Å². The van der Waals surface area contributed by atoms with Crippen LogP contribution in [0.3, 0.4) is 0 Å². The molecular formula is C19H16N4OS. The highest BCUT2D eigenvalue weighted by Crippen LogP contribution is 2.16. The molecule has 6 heteroatoms. The summed E-state index contributed by atoms with van der Waals surface area (Å²) in [6.45, 7) is 2.72. The fourth-order valence-corrected chi connectivity index (χ4v) is 3.62. The number of aryl methyl sites for hydroxylation is 1. The van der Waals surface area contributed by atoms with E-state index in [1.807, 2.05) is 42.6 Å². The number of rotatable bonds is 3. The van der Waals surface area contributed by atoms with E-state index < -0.39 is 0 Å². The smallest absolute Gasteiger partial charge is 0.281 e. The van der Waals surface area contributed by atoms with Crippen molar-refractivity contribution in [2.75, 3.05) is 0 Å². The second-order valence-corrected chi connectivity index (χ2v) is 6.59. The lowest BCUT2D eigenvalue weighted by Crippen LogP contribution is -2.19. The number of hydrogen-bond donors (Lipinski definition) is 1. The number of carbonyl (C=O) groups is 1. The van der Waals surface area contributed by atoms with E-state index in [2.05, 4.69) is 31.7 Å². The fourth-order valence-electron chi connectivity index (χ4n) is 2.74. The number of carbonyl (C=O) groups excluding carboxylic acids is 1. The third-order valence-electron chi connectivity index (χ3n) is 4.05. The lowest BCUT2D eigenvalue weighted by Gasteiger charge is -2.05. The summed E-state index contributed by atoms with van der Waals surface area (Å²) < 4.78 is 2.06. The lowest BCUT2D eigenvalue weighted by molar-refractivity contribution is 0.0999. The Hall–Kier alpha value is -2.99. The summed E-state index contributed by atoms with van der Waals surface area (Å²) in [5, 5.41) is 2.81. The number of benzene rings is 1. The molecule has 124 valence electrons. The molecule has 0 atom stereocenters. The van der Waals surface area contributed by atoms with Crippen molar-refractivity contribution in [3.63, 3.8) is 0 Å². The summed E-state index contributed by atoms with van der Waals surface area (Å²) in [7, 11) is 0. The third kappa shape index (κ3) is 3.04. The first kappa shape index (κ1) is 15.5. The molecule has 0 spiro atoms. The average Bonchev–Trinajstić information content (AvgIpc) is 3.21. The molecule has 3 aromatic heterocycles. The van der Waals surface area contributed by atoms with Gasteiger partial charge in [-0.15, -0.1) is 11.3 Å². The van der Waals surface area contributed by atoms with Crippen LogP contribution in [0.1, 0.15) is 21.6 Å². The Morgan fingerprint density at radius 3 is 2.92 bits per heavy atom. The minimum atomic E-state index is -0.261. The van der Waals surface area contributed by atoms with E-state index in [1.54, 1.807) is 12.4 Å². The summed E-state index contributed by atoms with van der Waals surface area (Å²) >= 11 is 1.48. The lowest BCUT2D eigenvalue weighted by atomic mass is 10.2. The fraction of sp³-hybridized carbons (Fsp3) is 0.105. The Bertz CT molecular complexity index is 1110. The minimum absolute atomic E-state index is 0.261. The van der Waals surface area contributed by atoms with Gasteiger partial charge >= 0.3 is 0 Å². The van der Waals surface area contributed by atoms with E-state index in [0.717, 1.165) is 11.1 Å². The van der Waals surface area contributed by atoms with Gasteiger partial charge in [-0.2, -0.15) is 4.99 Å². The van der Waals surface area contributed by atoms with Gasteiger partial charge in [0.15, 0.2) is 4.80 Å². The monoisotopic (exact) mass is 348 g/mol. The molecular weight excluding hydrogens is 332 g/mol. The van der Waals surface area contributed by atoms with Gasteiger partial charge in [0.25, 0.3) is 5.91 Å². The van der Waals surface area contributed by atoms with E-state index in [9.17, 15) is 4.79 Å². The van der Waals surface area contributed by atoms with Crippen molar-refractivity contribution >= 4 is 28.3 Å². The molecule has 0 aliphatic carbocycles. The van der Waals surface area contributed by atoms with Crippen molar-refractivity contribution in [3.05, 3.63) is 81.9 Å². The molecule has 0 unspecified atom stereocenters. The van der Waals surface area contributed by atoms with E-state index in [4.69, 9.17) is 0 Å². The van der Waals surface area contributed by atoms with Crippen LogP contribution in [0.4, 0.5) is 0 Å². The molecule has 4 aromatic rings. The highest BCUT2D eigenvalue weighted by atomic mass is 32.1. The summed E-state index contributed by atoms with van der Waals surface area (Å²) in [5.74, 6) is -0.261. The molecule has 0 saturated carbocycles. The van der Waals surface area contributed by atoms with Crippen LogP contribution in [-0.4, -0.2) is 20.4 Å². The minimum Gasteiger partial charge on any atom is -0.345 e. The number of aromatic nitrogens is 3. The van der Waals surface area contributed by atoms with Crippen molar-refractivity contribution in [1.82, 2.24) is 14.5 Å². The zero-order chi connectivity index (χ0) is 17.2. The normalized spacial score (nSPS) is 12.0. The first-order chi connectivity index (χ1) is 12.2. The number of fused-ring (bicyclic) bond motifs is 1. The van der Waals surface area contributed by atoms with Gasteiger partial charge in [0, 0.05) is 28.9 Å². The number of pyridine rings is 1. The molecule has 5 nitrogen and oxygen atoms in total. The molecule has 1 aromatic carbocycles. The number of H-pyrrole nitrogens is 1. The molecule has 0 radical (unpaired) electrons. The molecule has 0 fully saturated rings. The molecule has 0 aliphatic heterocycles.